The molecule has 0 aliphatic carbocycles. The molecule has 138 valence electrons. The Kier molecular flexibility index (Phi) is 5.28. The van der Waals surface area contributed by atoms with Gasteiger partial charge in [0.25, 0.3) is 5.69 Å². The lowest BCUT2D eigenvalue weighted by molar-refractivity contribution is -0.385. The van der Waals surface area contributed by atoms with Gasteiger partial charge in [0.15, 0.2) is 6.79 Å². The van der Waals surface area contributed by atoms with Crippen LogP contribution in [0.15, 0.2) is 30.3 Å². The van der Waals surface area contributed by atoms with Crippen molar-refractivity contribution in [1.82, 2.24) is 0 Å². The van der Waals surface area contributed by atoms with Gasteiger partial charge >= 0.3 is 0 Å². The smallest absolute Gasteiger partial charge is 0.270 e. The summed E-state index contributed by atoms with van der Waals surface area (Å²) in [5.74, 6) is -1.16. The van der Waals surface area contributed by atoms with Crippen LogP contribution >= 0.6 is 0 Å². The molecule has 0 saturated carbocycles. The first-order chi connectivity index (χ1) is 12.4. The van der Waals surface area contributed by atoms with Crippen molar-refractivity contribution in [3.63, 3.8) is 0 Å². The zero-order valence-electron chi connectivity index (χ0n) is 13.7. The SMILES string of the molecule is CC(c1ccc(F)cc1F)S(=O)Cc1cc([N+](=O)[O-])cc2c1OCOC2. The lowest BCUT2D eigenvalue weighted by Gasteiger charge is -2.21. The molecular weight excluding hydrogens is 368 g/mol. The first kappa shape index (κ1) is 18.4. The third kappa shape index (κ3) is 3.73. The van der Waals surface area contributed by atoms with Gasteiger partial charge in [-0.3, -0.25) is 14.3 Å². The molecule has 2 atom stereocenters. The molecular formula is C17H15F2NO5S. The van der Waals surface area contributed by atoms with Gasteiger partial charge in [-0.25, -0.2) is 8.78 Å². The molecule has 0 fully saturated rings. The number of fused-ring (bicyclic) bond motifs is 1. The molecule has 26 heavy (non-hydrogen) atoms. The van der Waals surface area contributed by atoms with Crippen molar-refractivity contribution in [3.05, 3.63) is 68.8 Å². The van der Waals surface area contributed by atoms with E-state index in [0.29, 0.717) is 16.9 Å². The van der Waals surface area contributed by atoms with Crippen LogP contribution in [0.25, 0.3) is 0 Å². The summed E-state index contributed by atoms with van der Waals surface area (Å²) in [5.41, 5.74) is 0.849. The molecule has 2 aromatic carbocycles. The molecule has 2 unspecified atom stereocenters. The topological polar surface area (TPSA) is 78.7 Å². The lowest BCUT2D eigenvalue weighted by Crippen LogP contribution is -2.15. The molecule has 1 heterocycles. The van der Waals surface area contributed by atoms with E-state index in [0.717, 1.165) is 12.1 Å². The minimum Gasteiger partial charge on any atom is -0.467 e. The van der Waals surface area contributed by atoms with Crippen LogP contribution in [-0.2, 0) is 27.9 Å². The van der Waals surface area contributed by atoms with Crippen LogP contribution in [0.2, 0.25) is 0 Å². The molecule has 0 spiro atoms. The third-order valence-corrected chi connectivity index (χ3v) is 5.71. The van der Waals surface area contributed by atoms with Crippen molar-refractivity contribution in [2.75, 3.05) is 6.79 Å². The van der Waals surface area contributed by atoms with Gasteiger partial charge in [-0.15, -0.1) is 0 Å². The fraction of sp³-hybridized carbons (Fsp3) is 0.294. The van der Waals surface area contributed by atoms with Crippen molar-refractivity contribution >= 4 is 16.5 Å². The maximum atomic E-state index is 13.9. The van der Waals surface area contributed by atoms with E-state index in [4.69, 9.17) is 9.47 Å². The predicted octanol–water partition coefficient (Wildman–Crippen LogP) is 3.75. The summed E-state index contributed by atoms with van der Waals surface area (Å²) in [6.45, 7) is 1.70. The van der Waals surface area contributed by atoms with Crippen molar-refractivity contribution in [2.24, 2.45) is 0 Å². The molecule has 0 amide bonds. The van der Waals surface area contributed by atoms with E-state index < -0.39 is 32.6 Å². The van der Waals surface area contributed by atoms with Gasteiger partial charge in [0.1, 0.15) is 17.4 Å². The van der Waals surface area contributed by atoms with Crippen molar-refractivity contribution in [2.45, 2.75) is 24.5 Å². The van der Waals surface area contributed by atoms with E-state index in [9.17, 15) is 23.1 Å². The molecule has 6 nitrogen and oxygen atoms in total. The van der Waals surface area contributed by atoms with Gasteiger partial charge in [0.2, 0.25) is 0 Å². The van der Waals surface area contributed by atoms with Crippen molar-refractivity contribution < 1.29 is 27.4 Å². The summed E-state index contributed by atoms with van der Waals surface area (Å²) < 4.78 is 50.2. The molecule has 0 saturated heterocycles. The average Bonchev–Trinajstić information content (AvgIpc) is 2.61. The Balaban J connectivity index is 1.91. The molecule has 3 rings (SSSR count). The molecule has 9 heteroatoms. The van der Waals surface area contributed by atoms with Gasteiger partial charge in [-0.1, -0.05) is 6.07 Å². The number of hydrogen-bond donors (Lipinski definition) is 0. The Bertz CT molecular complexity index is 890. The minimum atomic E-state index is -1.61. The zero-order chi connectivity index (χ0) is 18.8. The zero-order valence-corrected chi connectivity index (χ0v) is 14.6. The molecule has 0 N–H and O–H groups in total. The fourth-order valence-electron chi connectivity index (χ4n) is 2.74. The number of halogens is 2. The minimum absolute atomic E-state index is 0.00735. The van der Waals surface area contributed by atoms with E-state index in [-0.39, 0.29) is 30.4 Å². The van der Waals surface area contributed by atoms with E-state index in [2.05, 4.69) is 0 Å². The van der Waals surface area contributed by atoms with Crippen molar-refractivity contribution in [3.8, 4) is 5.75 Å². The monoisotopic (exact) mass is 383 g/mol. The Labute approximate surface area is 150 Å². The summed E-state index contributed by atoms with van der Waals surface area (Å²) in [6.07, 6.45) is 0. The van der Waals surface area contributed by atoms with Gasteiger partial charge < -0.3 is 9.47 Å². The molecule has 0 bridgehead atoms. The number of rotatable bonds is 5. The summed E-state index contributed by atoms with van der Waals surface area (Å²) in [6, 6.07) is 5.74. The van der Waals surface area contributed by atoms with E-state index >= 15 is 0 Å². The van der Waals surface area contributed by atoms with Crippen LogP contribution in [0.5, 0.6) is 5.75 Å². The number of non-ortho nitro benzene ring substituents is 1. The number of hydrogen-bond acceptors (Lipinski definition) is 5. The Morgan fingerprint density at radius 3 is 2.77 bits per heavy atom. The molecule has 0 radical (unpaired) electrons. The van der Waals surface area contributed by atoms with Crippen LogP contribution in [0, 0.1) is 21.7 Å². The van der Waals surface area contributed by atoms with Crippen LogP contribution in [-0.4, -0.2) is 15.9 Å². The summed E-state index contributed by atoms with van der Waals surface area (Å²) >= 11 is 0. The van der Waals surface area contributed by atoms with Crippen LogP contribution in [0.1, 0.15) is 28.9 Å². The van der Waals surface area contributed by atoms with Crippen LogP contribution in [0.3, 0.4) is 0 Å². The first-order valence-electron chi connectivity index (χ1n) is 7.69. The highest BCUT2D eigenvalue weighted by Crippen LogP contribution is 2.35. The summed E-state index contributed by atoms with van der Waals surface area (Å²) in [5, 5.41) is 10.4. The quantitative estimate of drug-likeness (QED) is 0.580. The maximum absolute atomic E-state index is 13.9. The number of benzene rings is 2. The Morgan fingerprint density at radius 2 is 2.08 bits per heavy atom. The standard InChI is InChI=1S/C17H15F2NO5S/c1-10(15-3-2-13(18)6-16(15)19)26(23)8-12-5-14(20(21)22)4-11-7-24-9-25-17(11)12/h2-6,10H,7-9H2,1H3. The Morgan fingerprint density at radius 1 is 1.31 bits per heavy atom. The largest absolute Gasteiger partial charge is 0.467 e. The predicted molar refractivity (Wildman–Crippen MR) is 90.0 cm³/mol. The fourth-order valence-corrected chi connectivity index (χ4v) is 3.99. The molecule has 1 aliphatic rings. The average molecular weight is 383 g/mol. The van der Waals surface area contributed by atoms with Crippen LogP contribution < -0.4 is 4.74 Å². The normalized spacial score (nSPS) is 15.7. The number of ether oxygens (including phenoxy) is 2. The van der Waals surface area contributed by atoms with Crippen molar-refractivity contribution in [1.29, 1.82) is 0 Å². The van der Waals surface area contributed by atoms with Crippen LogP contribution in [0.4, 0.5) is 14.5 Å². The number of nitro benzene ring substituents is 1. The second-order valence-corrected chi connectivity index (χ2v) is 7.55. The Hall–Kier alpha value is -2.39. The summed E-state index contributed by atoms with van der Waals surface area (Å²) in [7, 11) is -1.61. The van der Waals surface area contributed by atoms with Gasteiger partial charge in [-0.2, -0.15) is 0 Å². The van der Waals surface area contributed by atoms with Gasteiger partial charge in [-0.05, 0) is 13.0 Å². The van der Waals surface area contributed by atoms with Gasteiger partial charge in [0, 0.05) is 45.7 Å². The maximum Gasteiger partial charge on any atom is 0.270 e. The molecule has 2 aromatic rings. The molecule has 0 aromatic heterocycles. The second-order valence-electron chi connectivity index (χ2n) is 5.79. The second kappa shape index (κ2) is 7.46. The highest BCUT2D eigenvalue weighted by atomic mass is 32.2. The number of nitro groups is 1. The van der Waals surface area contributed by atoms with E-state index in [1.54, 1.807) is 6.92 Å². The molecule has 1 aliphatic heterocycles. The number of nitrogens with zero attached hydrogens (tertiary/aromatic N) is 1. The first-order valence-corrected chi connectivity index (χ1v) is 9.08. The highest BCUT2D eigenvalue weighted by Gasteiger charge is 2.25. The lowest BCUT2D eigenvalue weighted by atomic mass is 10.1. The van der Waals surface area contributed by atoms with E-state index in [1.807, 2.05) is 0 Å². The van der Waals surface area contributed by atoms with E-state index in [1.165, 1.54) is 18.2 Å². The third-order valence-electron chi connectivity index (χ3n) is 4.08. The summed E-state index contributed by atoms with van der Waals surface area (Å²) in [4.78, 5) is 10.6. The highest BCUT2D eigenvalue weighted by molar-refractivity contribution is 7.84. The van der Waals surface area contributed by atoms with Gasteiger partial charge in [0.05, 0.1) is 22.5 Å².